The number of hydrogen-bond acceptors (Lipinski definition) is 25. The third-order valence-electron chi connectivity index (χ3n) is 19.0. The number of aliphatic hydroxyl groups excluding tert-OH is 1. The number of nitrogens with one attached hydrogen (secondary N) is 15. The van der Waals surface area contributed by atoms with E-state index in [1.807, 2.05) is 16.0 Å². The van der Waals surface area contributed by atoms with Gasteiger partial charge in [-0.1, -0.05) is 88.8 Å². The number of nitrogens with two attached hydrogens (primary N) is 2. The molecular weight excluding hydrogens is 1600 g/mol. The Morgan fingerprint density at radius 1 is 0.557 bits per heavy atom. The van der Waals surface area contributed by atoms with Gasteiger partial charge >= 0.3 is 29.8 Å². The summed E-state index contributed by atoms with van der Waals surface area (Å²) in [6, 6.07) is -5.57. The van der Waals surface area contributed by atoms with Crippen molar-refractivity contribution in [1.82, 2.24) is 84.4 Å². The van der Waals surface area contributed by atoms with Crippen LogP contribution >= 0.6 is 0 Å². The van der Waals surface area contributed by atoms with Crippen molar-refractivity contribution in [3.8, 4) is 0 Å². The van der Waals surface area contributed by atoms with Crippen molar-refractivity contribution in [3.63, 3.8) is 0 Å². The molecule has 1 fully saturated rings. The molecule has 2 aromatic carbocycles. The van der Waals surface area contributed by atoms with E-state index in [1.54, 1.807) is 48.7 Å². The fraction of sp³-hybridized carbons (Fsp3) is 0.500. The van der Waals surface area contributed by atoms with Crippen LogP contribution in [0.2, 0.25) is 0 Å². The highest BCUT2D eigenvalue weighted by Gasteiger charge is 2.41. The number of esters is 1. The standard InChI is InChI=1S/C78H106N18O26/c1-5-6-7-8-9-10-11-25-59(100)88-50(29-43-35-83-48-23-15-13-20-45(43)48)72(115)91-51(31-58(80)99)73(116)93-54(34-65(109)110)74(117)96-67-42(4)122-78(121)55(30-57(98)46-21-12-14-22-47(46)79)94-77(120)66(40(2)28-62(103)104)95-75(118)56(39-97)89-61(102)37-84-69(112)52(32-63(105)106)90-68(111)41(3)86-71(114)53(33-64(107)108)92-70(113)49(87-60(101)38-85-76(67)119)24-18-26-81-36-44-19-16-17-27-82-44/h12-17,19-23,27,35,40-42,49-56,66-67,81,83,97H,5-11,18,24-26,28-34,36-39,79H2,1-4H3,(H2,80,99)(H,84,112)(H,85,119)(H,86,114)(H,87,101)(H,88,100)(H,89,102)(H,90,111)(H,91,115)(H,92,113)(H,93,116)(H,94,120)(H,95,118)(H,96,117)(H,103,104)(H,105,106)(H,107,108)(H,109,110). The first kappa shape index (κ1) is 99.0. The van der Waals surface area contributed by atoms with Gasteiger partial charge in [0.05, 0.1) is 57.5 Å². The average Bonchev–Trinajstić information content (AvgIpc) is 1.68. The van der Waals surface area contributed by atoms with Gasteiger partial charge in [-0.3, -0.25) is 96.1 Å². The van der Waals surface area contributed by atoms with Gasteiger partial charge in [-0.2, -0.15) is 0 Å². The maximum atomic E-state index is 15.0. The molecule has 0 spiro atoms. The van der Waals surface area contributed by atoms with Crippen molar-refractivity contribution in [2.24, 2.45) is 11.7 Å². The van der Waals surface area contributed by atoms with Crippen molar-refractivity contribution in [3.05, 3.63) is 95.9 Å². The first-order valence-electron chi connectivity index (χ1n) is 39.2. The molecule has 122 heavy (non-hydrogen) atoms. The molecule has 1 saturated heterocycles. The molecule has 2 aromatic heterocycles. The molecule has 0 aliphatic carbocycles. The van der Waals surface area contributed by atoms with Crippen LogP contribution in [0.4, 0.5) is 5.69 Å². The molecule has 1 aliphatic heterocycles. The number of carbonyl (C=O) groups is 20. The topological polar surface area (TPSA) is 701 Å². The predicted molar refractivity (Wildman–Crippen MR) is 427 cm³/mol. The first-order chi connectivity index (χ1) is 57.9. The largest absolute Gasteiger partial charge is 0.481 e. The number of carbonyl (C=O) groups excluding carboxylic acids is 16. The minimum Gasteiger partial charge on any atom is -0.481 e. The second-order valence-corrected chi connectivity index (χ2v) is 29.0. The number of H-pyrrole nitrogens is 1. The normalized spacial score (nSPS) is 20.6. The van der Waals surface area contributed by atoms with E-state index in [-0.39, 0.29) is 50.0 Å². The van der Waals surface area contributed by atoms with Crippen molar-refractivity contribution >= 4 is 135 Å². The molecule has 664 valence electrons. The number of aromatic nitrogens is 2. The zero-order chi connectivity index (χ0) is 90.3. The molecule has 5 rings (SSSR count). The lowest BCUT2D eigenvalue weighted by atomic mass is 9.96. The fourth-order valence-electron chi connectivity index (χ4n) is 12.6. The van der Waals surface area contributed by atoms with Gasteiger partial charge in [0.2, 0.25) is 82.7 Å². The Bertz CT molecular complexity index is 4410. The summed E-state index contributed by atoms with van der Waals surface area (Å²) in [5.41, 5.74) is 13.0. The number of carboxylic acid groups (broad SMARTS) is 4. The summed E-state index contributed by atoms with van der Waals surface area (Å²) in [6.07, 6.45) is -0.765. The molecule has 24 N–H and O–H groups in total. The number of cyclic esters (lactones) is 1. The number of ketones is 1. The molecule has 4 aromatic rings. The van der Waals surface area contributed by atoms with Crippen LogP contribution < -0.4 is 85.9 Å². The Hall–Kier alpha value is -13.5. The molecule has 0 radical (unpaired) electrons. The molecule has 0 saturated carbocycles. The molecule has 44 heteroatoms. The molecule has 3 heterocycles. The number of unbranched alkanes of at least 4 members (excludes halogenated alkanes) is 6. The van der Waals surface area contributed by atoms with Crippen LogP contribution in [0, 0.1) is 5.92 Å². The van der Waals surface area contributed by atoms with Crippen LogP contribution in [0.25, 0.3) is 10.9 Å². The Morgan fingerprint density at radius 3 is 1.75 bits per heavy atom. The monoisotopic (exact) mass is 1710 g/mol. The Labute approximate surface area is 698 Å². The number of nitrogens with zero attached hydrogens (tertiary/aromatic N) is 1. The van der Waals surface area contributed by atoms with E-state index in [9.17, 15) is 121 Å². The number of nitrogen functional groups attached to an aromatic ring is 1. The smallest absolute Gasteiger partial charge is 0.329 e. The summed E-state index contributed by atoms with van der Waals surface area (Å²) >= 11 is 0. The first-order valence-corrected chi connectivity index (χ1v) is 39.2. The Morgan fingerprint density at radius 2 is 1.12 bits per heavy atom. The molecule has 44 nitrogen and oxygen atoms in total. The number of fused-ring (bicyclic) bond motifs is 1. The molecule has 13 atom stereocenters. The number of aliphatic carboxylic acids is 4. The Kier molecular flexibility index (Phi) is 40.9. The summed E-state index contributed by atoms with van der Waals surface area (Å²) in [5.74, 6) is -29.7. The van der Waals surface area contributed by atoms with Crippen molar-refractivity contribution in [2.75, 3.05) is 32.0 Å². The minimum absolute atomic E-state index is 0.0173. The van der Waals surface area contributed by atoms with E-state index < -0.39 is 255 Å². The third kappa shape index (κ3) is 34.0. The number of para-hydroxylation sites is 2. The van der Waals surface area contributed by atoms with E-state index in [4.69, 9.17) is 16.2 Å². The summed E-state index contributed by atoms with van der Waals surface area (Å²) in [6.45, 7) is 1.55. The van der Waals surface area contributed by atoms with Gasteiger partial charge in [0.1, 0.15) is 72.6 Å². The number of benzene rings is 2. The number of rotatable bonds is 38. The fourth-order valence-corrected chi connectivity index (χ4v) is 12.6. The highest BCUT2D eigenvalue weighted by molar-refractivity contribution is 6.05. The van der Waals surface area contributed by atoms with Crippen LogP contribution in [0.3, 0.4) is 0 Å². The molecule has 14 amide bonds. The number of aliphatic hydroxyl groups is 1. The number of amides is 14. The predicted octanol–water partition coefficient (Wildman–Crippen LogP) is -4.40. The highest BCUT2D eigenvalue weighted by atomic mass is 16.5. The summed E-state index contributed by atoms with van der Waals surface area (Å²) in [7, 11) is 0. The zero-order valence-corrected chi connectivity index (χ0v) is 67.5. The van der Waals surface area contributed by atoms with Gasteiger partial charge in [-0.05, 0) is 81.5 Å². The summed E-state index contributed by atoms with van der Waals surface area (Å²) in [5, 5.41) is 82.5. The van der Waals surface area contributed by atoms with E-state index in [1.165, 1.54) is 30.5 Å². The second-order valence-electron chi connectivity index (χ2n) is 29.0. The number of anilines is 1. The third-order valence-corrected chi connectivity index (χ3v) is 19.0. The second kappa shape index (κ2) is 50.4. The van der Waals surface area contributed by atoms with Crippen molar-refractivity contribution in [2.45, 2.75) is 216 Å². The molecular formula is C78H106N18O26. The summed E-state index contributed by atoms with van der Waals surface area (Å²) < 4.78 is 5.73. The average molecular weight is 1710 g/mol. The van der Waals surface area contributed by atoms with E-state index in [2.05, 4.69) is 75.4 Å². The molecule has 13 unspecified atom stereocenters. The quantitative estimate of drug-likeness (QED) is 0.00872. The van der Waals surface area contributed by atoms with Crippen LogP contribution in [0.5, 0.6) is 0 Å². The number of Topliss-reactive ketones (excluding diaryl/α,β-unsaturated/α-hetero) is 1. The number of hydrogen-bond donors (Lipinski definition) is 22. The lowest BCUT2D eigenvalue weighted by Crippen LogP contribution is -2.62. The SMILES string of the molecule is CCCCCCCCCC(=O)NC(Cc1c[nH]c2ccccc12)C(=O)NC(CC(N)=O)C(=O)NC(CC(=O)O)C(=O)NC1C(=O)NCC(=O)NC(CCCNCc2ccccn2)C(=O)NC(CC(=O)O)C(=O)NC(C)C(=O)NC(CC(=O)O)C(=O)NCC(=O)NC(CO)C(=O)NC(C(C)CC(=O)O)C(=O)NC(CC(=O)c2ccccc2N)C(=O)OC1C. The van der Waals surface area contributed by atoms with Crippen molar-refractivity contribution in [1.29, 1.82) is 0 Å². The number of pyridine rings is 1. The summed E-state index contributed by atoms with van der Waals surface area (Å²) in [4.78, 5) is 283. The van der Waals surface area contributed by atoms with Crippen LogP contribution in [0.1, 0.15) is 152 Å². The van der Waals surface area contributed by atoms with Gasteiger partial charge in [-0.15, -0.1) is 0 Å². The van der Waals surface area contributed by atoms with Crippen LogP contribution in [0.15, 0.2) is 79.1 Å². The number of ether oxygens (including phenoxy) is 1. The van der Waals surface area contributed by atoms with Crippen LogP contribution in [-0.2, 0) is 109 Å². The molecule has 1 aliphatic rings. The van der Waals surface area contributed by atoms with Gasteiger partial charge in [0, 0.05) is 60.4 Å². The number of aromatic amines is 1. The van der Waals surface area contributed by atoms with E-state index in [0.29, 0.717) is 35.0 Å². The van der Waals surface area contributed by atoms with Crippen molar-refractivity contribution < 1.29 is 126 Å². The van der Waals surface area contributed by atoms with Gasteiger partial charge in [0.25, 0.3) is 0 Å². The number of primary amides is 1. The van der Waals surface area contributed by atoms with Gasteiger partial charge in [0.15, 0.2) is 5.78 Å². The van der Waals surface area contributed by atoms with E-state index >= 15 is 0 Å². The lowest BCUT2D eigenvalue weighted by Gasteiger charge is -2.30. The van der Waals surface area contributed by atoms with Gasteiger partial charge < -0.3 is 121 Å². The zero-order valence-electron chi connectivity index (χ0n) is 67.5. The Balaban J connectivity index is 1.62. The number of carboxylic acids is 4. The van der Waals surface area contributed by atoms with Crippen LogP contribution in [-0.4, -0.2) is 253 Å². The maximum Gasteiger partial charge on any atom is 0.329 e. The lowest BCUT2D eigenvalue weighted by molar-refractivity contribution is -0.156. The van der Waals surface area contributed by atoms with Gasteiger partial charge in [-0.25, -0.2) is 4.79 Å². The molecule has 0 bridgehead atoms. The highest BCUT2D eigenvalue weighted by Crippen LogP contribution is 2.22. The van der Waals surface area contributed by atoms with E-state index in [0.717, 1.165) is 52.9 Å². The maximum absolute atomic E-state index is 15.0. The minimum atomic E-state index is -2.46.